The van der Waals surface area contributed by atoms with E-state index in [1.54, 1.807) is 13.0 Å². The van der Waals surface area contributed by atoms with E-state index in [0.29, 0.717) is 22.2 Å². The van der Waals surface area contributed by atoms with E-state index in [9.17, 15) is 9.90 Å². The highest BCUT2D eigenvalue weighted by atomic mass is 79.9. The van der Waals surface area contributed by atoms with Gasteiger partial charge in [-0.25, -0.2) is 0 Å². The zero-order valence-electron chi connectivity index (χ0n) is 9.03. The zero-order chi connectivity index (χ0) is 12.3. The molecular weight excluding hydrogens is 276 g/mol. The summed E-state index contributed by atoms with van der Waals surface area (Å²) in [5, 5.41) is 18.6. The van der Waals surface area contributed by atoms with Gasteiger partial charge in [0.15, 0.2) is 0 Å². The van der Waals surface area contributed by atoms with Gasteiger partial charge in [0.1, 0.15) is 16.0 Å². The maximum absolute atomic E-state index is 11.0. The van der Waals surface area contributed by atoms with Gasteiger partial charge in [0.05, 0.1) is 13.0 Å². The highest BCUT2D eigenvalue weighted by molar-refractivity contribution is 9.10. The van der Waals surface area contributed by atoms with Gasteiger partial charge in [-0.05, 0) is 40.0 Å². The topological polar surface area (TPSA) is 66.8 Å². The number of phenols is 1. The number of hydrogen-bond donors (Lipinski definition) is 2. The smallest absolute Gasteiger partial charge is 0.310 e. The van der Waals surface area contributed by atoms with Crippen LogP contribution >= 0.6 is 15.9 Å². The Labute approximate surface area is 102 Å². The summed E-state index contributed by atoms with van der Waals surface area (Å²) in [5.41, 5.74) is 0.535. The van der Waals surface area contributed by atoms with Crippen LogP contribution in [-0.2, 0) is 4.79 Å². The van der Waals surface area contributed by atoms with Crippen molar-refractivity contribution in [3.63, 3.8) is 0 Å². The molecule has 0 saturated carbocycles. The second kappa shape index (κ2) is 5.21. The number of aromatic hydroxyl groups is 1. The molecule has 0 fully saturated rings. The lowest BCUT2D eigenvalue weighted by Crippen LogP contribution is -2.10. The molecule has 0 bridgehead atoms. The molecule has 0 aliphatic heterocycles. The van der Waals surface area contributed by atoms with Gasteiger partial charge >= 0.3 is 5.97 Å². The normalized spacial score (nSPS) is 12.2. The molecule has 16 heavy (non-hydrogen) atoms. The molecule has 0 heterocycles. The first-order chi connectivity index (χ1) is 7.51. The van der Waals surface area contributed by atoms with E-state index in [1.165, 1.54) is 13.2 Å². The first-order valence-corrected chi connectivity index (χ1v) is 5.59. The van der Waals surface area contributed by atoms with E-state index in [2.05, 4.69) is 15.9 Å². The van der Waals surface area contributed by atoms with Crippen LogP contribution in [0.1, 0.15) is 24.8 Å². The van der Waals surface area contributed by atoms with Gasteiger partial charge in [0.25, 0.3) is 0 Å². The van der Waals surface area contributed by atoms with Crippen LogP contribution in [0.2, 0.25) is 0 Å². The molecule has 88 valence electrons. The Morgan fingerprint density at radius 3 is 2.62 bits per heavy atom. The van der Waals surface area contributed by atoms with Crippen LogP contribution in [0.25, 0.3) is 0 Å². The predicted octanol–water partition coefficient (Wildman–Crippen LogP) is 2.74. The number of phenolic OH excluding ortho intramolecular Hbond substituents is 1. The molecule has 0 aromatic heterocycles. The number of hydrogen-bond acceptors (Lipinski definition) is 3. The molecule has 1 aromatic rings. The largest absolute Gasteiger partial charge is 0.507 e. The Morgan fingerprint density at radius 1 is 1.56 bits per heavy atom. The van der Waals surface area contributed by atoms with Gasteiger partial charge in [-0.2, -0.15) is 0 Å². The summed E-state index contributed by atoms with van der Waals surface area (Å²) in [7, 11) is 1.46. The van der Waals surface area contributed by atoms with Crippen molar-refractivity contribution in [1.29, 1.82) is 0 Å². The summed E-state index contributed by atoms with van der Waals surface area (Å²) in [6.07, 6.45) is 0.458. The molecule has 4 nitrogen and oxygen atoms in total. The molecule has 0 amide bonds. The van der Waals surface area contributed by atoms with Crippen LogP contribution in [0.3, 0.4) is 0 Å². The third kappa shape index (κ3) is 2.47. The minimum Gasteiger partial charge on any atom is -0.507 e. The van der Waals surface area contributed by atoms with Crippen molar-refractivity contribution in [3.8, 4) is 11.5 Å². The van der Waals surface area contributed by atoms with E-state index < -0.39 is 11.9 Å². The summed E-state index contributed by atoms with van der Waals surface area (Å²) in [6.45, 7) is 1.78. The third-order valence-corrected chi connectivity index (χ3v) is 3.17. The van der Waals surface area contributed by atoms with Crippen molar-refractivity contribution < 1.29 is 19.7 Å². The maximum atomic E-state index is 11.0. The Bertz CT molecular complexity index is 403. The number of halogens is 1. The SMILES string of the molecule is CCC(C(=O)O)c1cc(O)c(Br)c(OC)c1. The Hall–Kier alpha value is -1.23. The number of rotatable bonds is 4. The summed E-state index contributed by atoms with van der Waals surface area (Å²) in [5.74, 6) is -1.14. The lowest BCUT2D eigenvalue weighted by molar-refractivity contribution is -0.138. The first-order valence-electron chi connectivity index (χ1n) is 4.80. The van der Waals surface area contributed by atoms with E-state index in [1.807, 2.05) is 0 Å². The lowest BCUT2D eigenvalue weighted by Gasteiger charge is -2.13. The van der Waals surface area contributed by atoms with Crippen molar-refractivity contribution in [2.24, 2.45) is 0 Å². The fourth-order valence-electron chi connectivity index (χ4n) is 1.51. The number of carboxylic acid groups (broad SMARTS) is 1. The summed E-state index contributed by atoms with van der Waals surface area (Å²) in [4.78, 5) is 11.0. The molecule has 0 saturated heterocycles. The lowest BCUT2D eigenvalue weighted by atomic mass is 9.96. The second-order valence-electron chi connectivity index (χ2n) is 3.36. The van der Waals surface area contributed by atoms with Crippen LogP contribution < -0.4 is 4.74 Å². The summed E-state index contributed by atoms with van der Waals surface area (Å²) in [6, 6.07) is 3.06. The molecule has 0 spiro atoms. The van der Waals surface area contributed by atoms with E-state index in [0.717, 1.165) is 0 Å². The average molecular weight is 289 g/mol. The Balaban J connectivity index is 3.24. The molecule has 1 atom stereocenters. The number of ether oxygens (including phenoxy) is 1. The first kappa shape index (κ1) is 12.8. The highest BCUT2D eigenvalue weighted by Crippen LogP contribution is 2.37. The predicted molar refractivity (Wildman–Crippen MR) is 63.0 cm³/mol. The molecule has 1 unspecified atom stereocenters. The average Bonchev–Trinajstić information content (AvgIpc) is 2.23. The maximum Gasteiger partial charge on any atom is 0.310 e. The minimum absolute atomic E-state index is 0.0194. The summed E-state index contributed by atoms with van der Waals surface area (Å²) < 4.78 is 5.47. The Kier molecular flexibility index (Phi) is 4.18. The number of methoxy groups -OCH3 is 1. The molecule has 0 aliphatic carbocycles. The van der Waals surface area contributed by atoms with E-state index >= 15 is 0 Å². The van der Waals surface area contributed by atoms with Gasteiger partial charge in [0.2, 0.25) is 0 Å². The zero-order valence-corrected chi connectivity index (χ0v) is 10.6. The molecule has 1 aromatic carbocycles. The molecule has 0 radical (unpaired) electrons. The van der Waals surface area contributed by atoms with Crippen LogP contribution in [0.15, 0.2) is 16.6 Å². The second-order valence-corrected chi connectivity index (χ2v) is 4.15. The third-order valence-electron chi connectivity index (χ3n) is 2.37. The Morgan fingerprint density at radius 2 is 2.19 bits per heavy atom. The molecule has 5 heteroatoms. The van der Waals surface area contributed by atoms with Gasteiger partial charge in [0, 0.05) is 0 Å². The van der Waals surface area contributed by atoms with Crippen molar-refractivity contribution in [2.75, 3.05) is 7.11 Å². The molecule has 0 aliphatic rings. The van der Waals surface area contributed by atoms with Gasteiger partial charge < -0.3 is 14.9 Å². The number of aliphatic carboxylic acids is 1. The van der Waals surface area contributed by atoms with Crippen molar-refractivity contribution in [3.05, 3.63) is 22.2 Å². The quantitative estimate of drug-likeness (QED) is 0.894. The number of carbonyl (C=O) groups is 1. The van der Waals surface area contributed by atoms with E-state index in [4.69, 9.17) is 9.84 Å². The monoisotopic (exact) mass is 288 g/mol. The van der Waals surface area contributed by atoms with Crippen LogP contribution in [0, 0.1) is 0 Å². The van der Waals surface area contributed by atoms with Crippen molar-refractivity contribution >= 4 is 21.9 Å². The van der Waals surface area contributed by atoms with Gasteiger partial charge in [-0.15, -0.1) is 0 Å². The fraction of sp³-hybridized carbons (Fsp3) is 0.364. The molecule has 1 rings (SSSR count). The minimum atomic E-state index is -0.911. The highest BCUT2D eigenvalue weighted by Gasteiger charge is 2.20. The van der Waals surface area contributed by atoms with Crippen molar-refractivity contribution in [1.82, 2.24) is 0 Å². The summed E-state index contributed by atoms with van der Waals surface area (Å²) >= 11 is 3.16. The molecular formula is C11H13BrO4. The fourth-order valence-corrected chi connectivity index (χ4v) is 1.90. The number of benzene rings is 1. The van der Waals surface area contributed by atoms with Crippen LogP contribution in [0.4, 0.5) is 0 Å². The standard InChI is InChI=1S/C11H13BrO4/c1-3-7(11(14)15)6-4-8(13)10(12)9(5-6)16-2/h4-5,7,13H,3H2,1-2H3,(H,14,15). The van der Waals surface area contributed by atoms with Gasteiger partial charge in [-0.3, -0.25) is 4.79 Å². The van der Waals surface area contributed by atoms with Crippen LogP contribution in [0.5, 0.6) is 11.5 Å². The van der Waals surface area contributed by atoms with E-state index in [-0.39, 0.29) is 5.75 Å². The number of carboxylic acids is 1. The van der Waals surface area contributed by atoms with Crippen molar-refractivity contribution in [2.45, 2.75) is 19.3 Å². The van der Waals surface area contributed by atoms with Crippen LogP contribution in [-0.4, -0.2) is 23.3 Å². The molecule has 2 N–H and O–H groups in total. The van der Waals surface area contributed by atoms with Gasteiger partial charge in [-0.1, -0.05) is 6.92 Å².